The predicted molar refractivity (Wildman–Crippen MR) is 79.5 cm³/mol. The first-order chi connectivity index (χ1) is 9.73. The summed E-state index contributed by atoms with van der Waals surface area (Å²) in [5.74, 6) is -0.359. The van der Waals surface area contributed by atoms with Gasteiger partial charge >= 0.3 is 5.97 Å². The van der Waals surface area contributed by atoms with Gasteiger partial charge in [-0.05, 0) is 36.5 Å². The lowest BCUT2D eigenvalue weighted by Crippen LogP contribution is -2.42. The fraction of sp³-hybridized carbons (Fsp3) is 0.500. The van der Waals surface area contributed by atoms with Crippen LogP contribution in [-0.2, 0) is 10.0 Å². The normalized spacial score (nSPS) is 23.9. The number of anilines is 1. The SMILES string of the molecule is CC1CCN(S(=O)(=O)c2ccc(C(=O)O)cc2N)CC1C. The molecule has 0 spiro atoms. The van der Waals surface area contributed by atoms with Crippen molar-refractivity contribution in [1.29, 1.82) is 0 Å². The second-order valence-electron chi connectivity index (χ2n) is 5.66. The number of piperidine rings is 1. The molecule has 1 heterocycles. The summed E-state index contributed by atoms with van der Waals surface area (Å²) in [6.45, 7) is 5.07. The average molecular weight is 312 g/mol. The summed E-state index contributed by atoms with van der Waals surface area (Å²) < 4.78 is 26.7. The molecule has 1 fully saturated rings. The smallest absolute Gasteiger partial charge is 0.335 e. The van der Waals surface area contributed by atoms with Crippen molar-refractivity contribution in [2.45, 2.75) is 25.2 Å². The average Bonchev–Trinajstić information content (AvgIpc) is 2.41. The van der Waals surface area contributed by atoms with E-state index in [0.717, 1.165) is 6.42 Å². The van der Waals surface area contributed by atoms with E-state index in [1.54, 1.807) is 0 Å². The number of benzene rings is 1. The lowest BCUT2D eigenvalue weighted by molar-refractivity contribution is 0.0697. The summed E-state index contributed by atoms with van der Waals surface area (Å²) in [7, 11) is -3.68. The summed E-state index contributed by atoms with van der Waals surface area (Å²) in [6, 6.07) is 3.73. The highest BCUT2D eigenvalue weighted by atomic mass is 32.2. The molecule has 116 valence electrons. The number of carboxylic acid groups (broad SMARTS) is 1. The Morgan fingerprint density at radius 1 is 1.33 bits per heavy atom. The highest BCUT2D eigenvalue weighted by molar-refractivity contribution is 7.89. The maximum Gasteiger partial charge on any atom is 0.335 e. The quantitative estimate of drug-likeness (QED) is 0.826. The van der Waals surface area contributed by atoms with Crippen molar-refractivity contribution in [3.8, 4) is 0 Å². The van der Waals surface area contributed by atoms with Gasteiger partial charge in [0, 0.05) is 13.1 Å². The Labute approximate surface area is 124 Å². The highest BCUT2D eigenvalue weighted by Gasteiger charge is 2.32. The molecule has 6 nitrogen and oxygen atoms in total. The first-order valence-electron chi connectivity index (χ1n) is 6.86. The zero-order valence-electron chi connectivity index (χ0n) is 12.1. The van der Waals surface area contributed by atoms with E-state index in [1.165, 1.54) is 22.5 Å². The van der Waals surface area contributed by atoms with Crippen LogP contribution in [-0.4, -0.2) is 36.9 Å². The van der Waals surface area contributed by atoms with Gasteiger partial charge in [0.05, 0.1) is 11.3 Å². The lowest BCUT2D eigenvalue weighted by Gasteiger charge is -2.34. The minimum Gasteiger partial charge on any atom is -0.478 e. The predicted octanol–water partition coefficient (Wildman–Crippen LogP) is 1.63. The number of aromatic carboxylic acids is 1. The zero-order chi connectivity index (χ0) is 15.8. The topological polar surface area (TPSA) is 101 Å². The number of carboxylic acids is 1. The van der Waals surface area contributed by atoms with E-state index in [0.29, 0.717) is 19.0 Å². The van der Waals surface area contributed by atoms with Crippen LogP contribution in [0.4, 0.5) is 5.69 Å². The summed E-state index contributed by atoms with van der Waals surface area (Å²) in [6.07, 6.45) is 0.813. The number of rotatable bonds is 3. The molecule has 0 aromatic heterocycles. The van der Waals surface area contributed by atoms with Crippen molar-refractivity contribution in [1.82, 2.24) is 4.31 Å². The van der Waals surface area contributed by atoms with Crippen LogP contribution in [0.15, 0.2) is 23.1 Å². The summed E-state index contributed by atoms with van der Waals surface area (Å²) >= 11 is 0. The number of carbonyl (C=O) groups is 1. The molecule has 7 heteroatoms. The third kappa shape index (κ3) is 3.03. The molecule has 3 N–H and O–H groups in total. The molecule has 1 aromatic carbocycles. The van der Waals surface area contributed by atoms with Crippen LogP contribution < -0.4 is 5.73 Å². The van der Waals surface area contributed by atoms with Crippen molar-refractivity contribution in [2.75, 3.05) is 18.8 Å². The van der Waals surface area contributed by atoms with E-state index in [-0.39, 0.29) is 22.1 Å². The monoisotopic (exact) mass is 312 g/mol. The molecule has 0 aliphatic carbocycles. The zero-order valence-corrected chi connectivity index (χ0v) is 12.9. The van der Waals surface area contributed by atoms with Crippen molar-refractivity contribution in [3.63, 3.8) is 0 Å². The Balaban J connectivity index is 2.34. The molecule has 1 aliphatic heterocycles. The van der Waals surface area contributed by atoms with Crippen LogP contribution in [0, 0.1) is 11.8 Å². The number of sulfonamides is 1. The second-order valence-corrected chi connectivity index (χ2v) is 7.57. The van der Waals surface area contributed by atoms with Gasteiger partial charge in [-0.2, -0.15) is 4.31 Å². The maximum absolute atomic E-state index is 12.6. The third-order valence-electron chi connectivity index (χ3n) is 4.17. The van der Waals surface area contributed by atoms with Gasteiger partial charge in [-0.3, -0.25) is 0 Å². The molecule has 1 aromatic rings. The number of nitrogens with zero attached hydrogens (tertiary/aromatic N) is 1. The molecular weight excluding hydrogens is 292 g/mol. The second kappa shape index (κ2) is 5.65. The van der Waals surface area contributed by atoms with Crippen molar-refractivity contribution >= 4 is 21.7 Å². The molecule has 2 atom stereocenters. The fourth-order valence-corrected chi connectivity index (χ4v) is 4.15. The minimum absolute atomic E-state index is 0.0192. The van der Waals surface area contributed by atoms with Crippen LogP contribution in [0.5, 0.6) is 0 Å². The van der Waals surface area contributed by atoms with E-state index in [2.05, 4.69) is 6.92 Å². The van der Waals surface area contributed by atoms with Gasteiger partial charge in [-0.25, -0.2) is 13.2 Å². The van der Waals surface area contributed by atoms with E-state index >= 15 is 0 Å². The van der Waals surface area contributed by atoms with Crippen LogP contribution in [0.2, 0.25) is 0 Å². The first kappa shape index (κ1) is 15.8. The molecule has 2 rings (SSSR count). The molecule has 0 amide bonds. The summed E-state index contributed by atoms with van der Waals surface area (Å²) in [5.41, 5.74) is 5.70. The first-order valence-corrected chi connectivity index (χ1v) is 8.30. The van der Waals surface area contributed by atoms with Gasteiger partial charge in [-0.15, -0.1) is 0 Å². The van der Waals surface area contributed by atoms with Gasteiger partial charge in [0.25, 0.3) is 0 Å². The molecule has 2 unspecified atom stereocenters. The van der Waals surface area contributed by atoms with Gasteiger partial charge in [0.1, 0.15) is 4.90 Å². The Hall–Kier alpha value is -1.60. The summed E-state index contributed by atoms with van der Waals surface area (Å²) in [5, 5.41) is 8.90. The van der Waals surface area contributed by atoms with E-state index < -0.39 is 16.0 Å². The Bertz CT molecular complexity index is 657. The van der Waals surface area contributed by atoms with Crippen LogP contribution in [0.25, 0.3) is 0 Å². The Morgan fingerprint density at radius 2 is 2.00 bits per heavy atom. The number of nitrogens with two attached hydrogens (primary N) is 1. The fourth-order valence-electron chi connectivity index (χ4n) is 2.50. The standard InChI is InChI=1S/C14H20N2O4S/c1-9-5-6-16(8-10(9)2)21(19,20)13-4-3-11(14(17)18)7-12(13)15/h3-4,7,9-10H,5-6,8,15H2,1-2H3,(H,17,18). The molecular formula is C14H20N2O4S. The number of hydrogen-bond acceptors (Lipinski definition) is 4. The molecule has 21 heavy (non-hydrogen) atoms. The Kier molecular flexibility index (Phi) is 4.25. The van der Waals surface area contributed by atoms with Gasteiger partial charge in [-0.1, -0.05) is 13.8 Å². The molecule has 0 saturated carbocycles. The lowest BCUT2D eigenvalue weighted by atomic mass is 9.90. The van der Waals surface area contributed by atoms with E-state index in [1.807, 2.05) is 6.92 Å². The van der Waals surface area contributed by atoms with Gasteiger partial charge in [0.15, 0.2) is 0 Å². The largest absolute Gasteiger partial charge is 0.478 e. The number of hydrogen-bond donors (Lipinski definition) is 2. The van der Waals surface area contributed by atoms with Gasteiger partial charge in [0.2, 0.25) is 10.0 Å². The minimum atomic E-state index is -3.68. The van der Waals surface area contributed by atoms with Crippen molar-refractivity contribution in [2.24, 2.45) is 11.8 Å². The number of nitrogen functional groups attached to an aromatic ring is 1. The maximum atomic E-state index is 12.6. The molecule has 1 aliphatic rings. The van der Waals surface area contributed by atoms with E-state index in [9.17, 15) is 13.2 Å². The van der Waals surface area contributed by atoms with Gasteiger partial charge < -0.3 is 10.8 Å². The molecule has 0 radical (unpaired) electrons. The molecule has 1 saturated heterocycles. The summed E-state index contributed by atoms with van der Waals surface area (Å²) in [4.78, 5) is 10.9. The van der Waals surface area contributed by atoms with E-state index in [4.69, 9.17) is 10.8 Å². The van der Waals surface area contributed by atoms with Crippen LogP contribution in [0.1, 0.15) is 30.6 Å². The van der Waals surface area contributed by atoms with Crippen molar-refractivity contribution in [3.05, 3.63) is 23.8 Å². The van der Waals surface area contributed by atoms with Crippen LogP contribution >= 0.6 is 0 Å². The Morgan fingerprint density at radius 3 is 2.52 bits per heavy atom. The third-order valence-corrected chi connectivity index (χ3v) is 6.11. The van der Waals surface area contributed by atoms with Crippen LogP contribution in [0.3, 0.4) is 0 Å². The van der Waals surface area contributed by atoms with Crippen molar-refractivity contribution < 1.29 is 18.3 Å². The molecule has 0 bridgehead atoms. The highest BCUT2D eigenvalue weighted by Crippen LogP contribution is 2.29.